The summed E-state index contributed by atoms with van der Waals surface area (Å²) in [6, 6.07) is 0.330. The maximum atomic E-state index is 11.8. The average Bonchev–Trinajstić information content (AvgIpc) is 2.83. The van der Waals surface area contributed by atoms with Gasteiger partial charge in [0.15, 0.2) is 0 Å². The van der Waals surface area contributed by atoms with E-state index < -0.39 is 21.7 Å². The second kappa shape index (κ2) is 7.11. The number of nitrogens with zero attached hydrogens (tertiary/aromatic N) is 2. The zero-order valence-corrected chi connectivity index (χ0v) is 15.7. The quantitative estimate of drug-likeness (QED) is 0.532. The predicted octanol–water partition coefficient (Wildman–Crippen LogP) is -1.30. The summed E-state index contributed by atoms with van der Waals surface area (Å²) in [5.74, 6) is 0.0274. The Morgan fingerprint density at radius 3 is 2.64 bits per heavy atom. The SMILES string of the molecule is CS(=O)(=O)N1CCN(C[C@@H](O)CC2C[C@H]3CC[C@@](C(N)=O)(C2)N3)CC1. The molecule has 25 heavy (non-hydrogen) atoms. The number of carbonyl (C=O) groups excluding carboxylic acids is 1. The van der Waals surface area contributed by atoms with E-state index >= 15 is 0 Å². The first kappa shape index (κ1) is 19.0. The fourth-order valence-electron chi connectivity index (χ4n) is 4.75. The van der Waals surface area contributed by atoms with E-state index in [1.54, 1.807) is 0 Å². The molecule has 1 unspecified atom stereocenters. The highest BCUT2D eigenvalue weighted by molar-refractivity contribution is 7.88. The van der Waals surface area contributed by atoms with E-state index in [-0.39, 0.29) is 5.91 Å². The van der Waals surface area contributed by atoms with Gasteiger partial charge in [-0.15, -0.1) is 0 Å². The number of nitrogens with one attached hydrogen (secondary N) is 1. The standard InChI is InChI=1S/C16H30N4O4S/c1-25(23,24)20-6-4-19(5-7-20)11-14(21)9-12-8-13-2-3-16(10-12,18-13)15(17)22/h12-14,18,21H,2-11H2,1H3,(H2,17,22)/t12?,13-,14+,16+/m1/s1. The number of piperidine rings is 1. The molecule has 4 N–H and O–H groups in total. The van der Waals surface area contributed by atoms with Gasteiger partial charge in [-0.3, -0.25) is 9.69 Å². The van der Waals surface area contributed by atoms with E-state index in [0.29, 0.717) is 57.5 Å². The Hall–Kier alpha value is -0.740. The zero-order chi connectivity index (χ0) is 18.2. The molecule has 0 radical (unpaired) electrons. The summed E-state index contributed by atoms with van der Waals surface area (Å²) in [6.45, 7) is 2.79. The van der Waals surface area contributed by atoms with Crippen LogP contribution < -0.4 is 11.1 Å². The van der Waals surface area contributed by atoms with Crippen molar-refractivity contribution in [2.45, 2.75) is 49.8 Å². The van der Waals surface area contributed by atoms with Crippen molar-refractivity contribution in [3.63, 3.8) is 0 Å². The Morgan fingerprint density at radius 2 is 2.04 bits per heavy atom. The van der Waals surface area contributed by atoms with Crippen LogP contribution in [0.3, 0.4) is 0 Å². The molecule has 3 aliphatic heterocycles. The number of rotatable bonds is 6. The lowest BCUT2D eigenvalue weighted by Gasteiger charge is -2.38. The summed E-state index contributed by atoms with van der Waals surface area (Å²) in [4.78, 5) is 13.9. The van der Waals surface area contributed by atoms with Crippen molar-refractivity contribution in [3.05, 3.63) is 0 Å². The van der Waals surface area contributed by atoms with Gasteiger partial charge < -0.3 is 16.2 Å². The molecular weight excluding hydrogens is 344 g/mol. The minimum atomic E-state index is -3.13. The number of amides is 1. The first-order valence-corrected chi connectivity index (χ1v) is 11.0. The van der Waals surface area contributed by atoms with Crippen molar-refractivity contribution in [1.29, 1.82) is 0 Å². The number of fused-ring (bicyclic) bond motifs is 2. The van der Waals surface area contributed by atoms with Gasteiger partial charge in [0.2, 0.25) is 15.9 Å². The number of nitrogens with two attached hydrogens (primary N) is 1. The zero-order valence-electron chi connectivity index (χ0n) is 14.9. The van der Waals surface area contributed by atoms with Crippen LogP contribution in [0.5, 0.6) is 0 Å². The summed E-state index contributed by atoms with van der Waals surface area (Å²) >= 11 is 0. The third kappa shape index (κ3) is 4.33. The fourth-order valence-corrected chi connectivity index (χ4v) is 5.57. The molecule has 0 saturated carbocycles. The number of β-amino-alcohol motifs (C(OH)–C–C–N with tert-alkyl or cyclic N) is 1. The second-order valence-electron chi connectivity index (χ2n) is 7.98. The Kier molecular flexibility index (Phi) is 5.41. The number of aliphatic hydroxyl groups excluding tert-OH is 1. The summed E-state index contributed by atoms with van der Waals surface area (Å²) in [5.41, 5.74) is 5.03. The number of hydrogen-bond donors (Lipinski definition) is 3. The minimum Gasteiger partial charge on any atom is -0.392 e. The molecule has 8 nitrogen and oxygen atoms in total. The van der Waals surface area contributed by atoms with E-state index in [1.165, 1.54) is 10.6 Å². The Labute approximate surface area is 149 Å². The number of piperazine rings is 1. The van der Waals surface area contributed by atoms with Crippen LogP contribution >= 0.6 is 0 Å². The monoisotopic (exact) mass is 374 g/mol. The van der Waals surface area contributed by atoms with Crippen molar-refractivity contribution in [1.82, 2.24) is 14.5 Å². The predicted molar refractivity (Wildman–Crippen MR) is 94.3 cm³/mol. The molecule has 0 aromatic carbocycles. The van der Waals surface area contributed by atoms with Crippen LogP contribution in [-0.2, 0) is 14.8 Å². The molecule has 3 saturated heterocycles. The van der Waals surface area contributed by atoms with Crippen LogP contribution in [0.4, 0.5) is 0 Å². The summed E-state index contributed by atoms with van der Waals surface area (Å²) < 4.78 is 24.6. The number of primary amides is 1. The lowest BCUT2D eigenvalue weighted by molar-refractivity contribution is -0.125. The highest BCUT2D eigenvalue weighted by Gasteiger charge is 2.49. The van der Waals surface area contributed by atoms with Gasteiger partial charge >= 0.3 is 0 Å². The molecule has 0 aliphatic carbocycles. The molecule has 4 atom stereocenters. The van der Waals surface area contributed by atoms with Crippen LogP contribution in [0.2, 0.25) is 0 Å². The summed E-state index contributed by atoms with van der Waals surface area (Å²) in [5, 5.41) is 13.9. The summed E-state index contributed by atoms with van der Waals surface area (Å²) in [7, 11) is -3.13. The number of hydrogen-bond acceptors (Lipinski definition) is 6. The van der Waals surface area contributed by atoms with Crippen molar-refractivity contribution in [2.75, 3.05) is 39.0 Å². The summed E-state index contributed by atoms with van der Waals surface area (Å²) in [6.07, 6.45) is 4.90. The molecule has 3 heterocycles. The normalized spacial score (nSPS) is 35.6. The molecular formula is C16H30N4O4S. The topological polar surface area (TPSA) is 116 Å². The van der Waals surface area contributed by atoms with Crippen molar-refractivity contribution < 1.29 is 18.3 Å². The van der Waals surface area contributed by atoms with Gasteiger partial charge in [-0.05, 0) is 38.0 Å². The van der Waals surface area contributed by atoms with Gasteiger partial charge in [0.1, 0.15) is 0 Å². The molecule has 3 fully saturated rings. The first-order valence-electron chi connectivity index (χ1n) is 9.11. The van der Waals surface area contributed by atoms with Crippen molar-refractivity contribution in [2.24, 2.45) is 11.7 Å². The van der Waals surface area contributed by atoms with Gasteiger partial charge in [0.25, 0.3) is 0 Å². The molecule has 0 aromatic rings. The lowest BCUT2D eigenvalue weighted by atomic mass is 9.80. The molecule has 2 bridgehead atoms. The van der Waals surface area contributed by atoms with E-state index in [0.717, 1.165) is 19.3 Å². The van der Waals surface area contributed by atoms with E-state index in [1.807, 2.05) is 0 Å². The Balaban J connectivity index is 1.47. The molecule has 0 aromatic heterocycles. The van der Waals surface area contributed by atoms with Crippen LogP contribution in [0.1, 0.15) is 32.1 Å². The van der Waals surface area contributed by atoms with Crippen molar-refractivity contribution in [3.8, 4) is 0 Å². The Morgan fingerprint density at radius 1 is 1.36 bits per heavy atom. The maximum Gasteiger partial charge on any atom is 0.237 e. The third-order valence-electron chi connectivity index (χ3n) is 6.00. The second-order valence-corrected chi connectivity index (χ2v) is 9.97. The van der Waals surface area contributed by atoms with Gasteiger partial charge in [-0.1, -0.05) is 0 Å². The van der Waals surface area contributed by atoms with Gasteiger partial charge in [0.05, 0.1) is 17.9 Å². The largest absolute Gasteiger partial charge is 0.392 e. The third-order valence-corrected chi connectivity index (χ3v) is 7.30. The maximum absolute atomic E-state index is 11.8. The van der Waals surface area contributed by atoms with Gasteiger partial charge in [-0.2, -0.15) is 4.31 Å². The molecule has 1 amide bonds. The average molecular weight is 375 g/mol. The van der Waals surface area contributed by atoms with E-state index in [4.69, 9.17) is 5.73 Å². The molecule has 3 aliphatic rings. The smallest absolute Gasteiger partial charge is 0.237 e. The fraction of sp³-hybridized carbons (Fsp3) is 0.938. The molecule has 3 rings (SSSR count). The van der Waals surface area contributed by atoms with E-state index in [9.17, 15) is 18.3 Å². The Bertz CT molecular complexity index is 605. The van der Waals surface area contributed by atoms with Crippen LogP contribution in [0.15, 0.2) is 0 Å². The molecule has 9 heteroatoms. The number of sulfonamides is 1. The first-order chi connectivity index (χ1) is 11.7. The minimum absolute atomic E-state index is 0.272. The van der Waals surface area contributed by atoms with Crippen molar-refractivity contribution >= 4 is 15.9 Å². The van der Waals surface area contributed by atoms with Crippen LogP contribution in [0.25, 0.3) is 0 Å². The van der Waals surface area contributed by atoms with E-state index in [2.05, 4.69) is 10.2 Å². The van der Waals surface area contributed by atoms with Crippen LogP contribution in [-0.4, -0.2) is 85.3 Å². The van der Waals surface area contributed by atoms with Gasteiger partial charge in [-0.25, -0.2) is 8.42 Å². The molecule has 0 spiro atoms. The highest BCUT2D eigenvalue weighted by atomic mass is 32.2. The number of carbonyl (C=O) groups is 1. The lowest BCUT2D eigenvalue weighted by Crippen LogP contribution is -2.57. The highest BCUT2D eigenvalue weighted by Crippen LogP contribution is 2.40. The number of aliphatic hydroxyl groups is 1. The molecule has 144 valence electrons. The van der Waals surface area contributed by atoms with Gasteiger partial charge in [0, 0.05) is 38.8 Å². The van der Waals surface area contributed by atoms with Crippen LogP contribution in [0, 0.1) is 5.92 Å².